The zero-order chi connectivity index (χ0) is 5.98. The second-order valence-electron chi connectivity index (χ2n) is 2.59. The molecule has 2 nitrogen and oxygen atoms in total. The third-order valence-corrected chi connectivity index (χ3v) is 1.88. The summed E-state index contributed by atoms with van der Waals surface area (Å²) in [4.78, 5) is 0. The fourth-order valence-electron chi connectivity index (χ4n) is 1.19. The van der Waals surface area contributed by atoms with Gasteiger partial charge >= 0.3 is 0 Å². The summed E-state index contributed by atoms with van der Waals surface area (Å²) in [5, 5.41) is 15.5. The van der Waals surface area contributed by atoms with Gasteiger partial charge in [-0.3, -0.25) is 0 Å². The molecule has 1 aliphatic rings. The van der Waals surface area contributed by atoms with Crippen molar-refractivity contribution in [3.8, 4) is 0 Å². The summed E-state index contributed by atoms with van der Waals surface area (Å²) in [5.74, 6) is 1.14. The first-order valence-corrected chi connectivity index (χ1v) is 3.12. The lowest BCUT2D eigenvalue weighted by atomic mass is 9.76. The maximum absolute atomic E-state index is 8.54. The van der Waals surface area contributed by atoms with Gasteiger partial charge in [0.1, 0.15) is 6.61 Å². The van der Waals surface area contributed by atoms with Crippen LogP contribution in [0.4, 0.5) is 0 Å². The van der Waals surface area contributed by atoms with Crippen molar-refractivity contribution in [3.63, 3.8) is 0 Å². The molecule has 1 aliphatic carbocycles. The molecule has 0 amide bonds. The van der Waals surface area contributed by atoms with Gasteiger partial charge in [-0.15, -0.1) is 0 Å². The van der Waals surface area contributed by atoms with E-state index in [0.717, 1.165) is 12.8 Å². The highest BCUT2D eigenvalue weighted by Gasteiger charge is 2.29. The second kappa shape index (κ2) is 2.46. The molecule has 0 heterocycles. The van der Waals surface area contributed by atoms with Crippen LogP contribution in [0.1, 0.15) is 12.8 Å². The number of aliphatic hydroxyl groups is 1. The van der Waals surface area contributed by atoms with Crippen LogP contribution in [-0.2, 0) is 0 Å². The van der Waals surface area contributed by atoms with E-state index < -0.39 is 0 Å². The van der Waals surface area contributed by atoms with Gasteiger partial charge in [-0.1, -0.05) is 0 Å². The molecule has 0 aromatic rings. The lowest BCUT2D eigenvalue weighted by Crippen LogP contribution is -2.28. The van der Waals surface area contributed by atoms with Gasteiger partial charge in [0.05, 0.1) is 0 Å². The largest absolute Gasteiger partial charge is 0.445 e. The fourth-order valence-corrected chi connectivity index (χ4v) is 1.19. The van der Waals surface area contributed by atoms with Gasteiger partial charge in [-0.25, -0.2) is 0 Å². The van der Waals surface area contributed by atoms with Crippen molar-refractivity contribution >= 4 is 0 Å². The molecule has 0 unspecified atom stereocenters. The molecule has 1 rings (SSSR count). The monoisotopic (exact) mass is 117 g/mol. The Labute approximate surface area is 49.1 Å². The van der Waals surface area contributed by atoms with Crippen LogP contribution in [0.15, 0.2) is 0 Å². The molecule has 0 aliphatic heterocycles. The van der Waals surface area contributed by atoms with Crippen molar-refractivity contribution in [2.45, 2.75) is 12.8 Å². The van der Waals surface area contributed by atoms with Gasteiger partial charge in [-0.05, 0) is 18.8 Å². The highest BCUT2D eigenvalue weighted by molar-refractivity contribution is 4.77. The topological polar surface area (TPSA) is 43.1 Å². The van der Waals surface area contributed by atoms with Crippen molar-refractivity contribution in [2.24, 2.45) is 11.8 Å². The molecule has 0 radical (unpaired) electrons. The minimum Gasteiger partial charge on any atom is -0.445 e. The first-order valence-electron chi connectivity index (χ1n) is 3.12. The molecule has 0 aromatic carbocycles. The molecule has 2 heteroatoms. The first kappa shape index (κ1) is 6.05. The van der Waals surface area contributed by atoms with Crippen LogP contribution in [0.5, 0.6) is 0 Å². The number of hydrogen-bond donors (Lipinski definition) is 1. The van der Waals surface area contributed by atoms with Crippen molar-refractivity contribution in [1.82, 2.24) is 0 Å². The summed E-state index contributed by atoms with van der Waals surface area (Å²) in [6.45, 7) is 0.882. The van der Waals surface area contributed by atoms with Crippen LogP contribution in [0.3, 0.4) is 0 Å². The van der Waals surface area contributed by atoms with Crippen LogP contribution in [0, 0.1) is 11.8 Å². The molecule has 0 saturated heterocycles. The van der Waals surface area contributed by atoms with E-state index in [1.807, 2.05) is 0 Å². The van der Waals surface area contributed by atoms with Gasteiger partial charge < -0.3 is 10.2 Å². The van der Waals surface area contributed by atoms with E-state index in [4.69, 9.17) is 10.2 Å². The molecule has 0 spiro atoms. The zero-order valence-electron chi connectivity index (χ0n) is 4.93. The van der Waals surface area contributed by atoms with E-state index in [0.29, 0.717) is 25.0 Å². The van der Waals surface area contributed by atoms with Crippen molar-refractivity contribution in [1.29, 1.82) is 0 Å². The van der Waals surface area contributed by atoms with Gasteiger partial charge in [0.2, 0.25) is 0 Å². The summed E-state index contributed by atoms with van der Waals surface area (Å²) in [7, 11) is 0. The first-order chi connectivity index (χ1) is 3.86. The Bertz CT molecular complexity index is 58.9. The quantitative estimate of drug-likeness (QED) is 0.497. The van der Waals surface area contributed by atoms with Gasteiger partial charge in [0.25, 0.3) is 0 Å². The molecular weight excluding hydrogens is 104 g/mol. The molecule has 1 fully saturated rings. The fraction of sp³-hybridized carbons (Fsp3) is 1.00. The van der Waals surface area contributed by atoms with E-state index in [9.17, 15) is 0 Å². The SMILES string of the molecule is OCC1CC(C[OH2+])C1. The molecule has 0 aromatic heterocycles. The number of hydrogen-bond acceptors (Lipinski definition) is 1. The summed E-state index contributed by atoms with van der Waals surface area (Å²) in [5.41, 5.74) is 0. The lowest BCUT2D eigenvalue weighted by molar-refractivity contribution is 0.0653. The number of aliphatic hydroxyl groups excluding tert-OH is 1. The van der Waals surface area contributed by atoms with Crippen LogP contribution in [-0.4, -0.2) is 23.4 Å². The van der Waals surface area contributed by atoms with Crippen molar-refractivity contribution < 1.29 is 10.2 Å². The Morgan fingerprint density at radius 2 is 2.00 bits per heavy atom. The standard InChI is InChI=1S/C6H12O2/c7-3-5-1-6(2-5)4-8/h5-8H,1-4H2/p+1. The Morgan fingerprint density at radius 3 is 2.38 bits per heavy atom. The third kappa shape index (κ3) is 1.01. The maximum Gasteiger partial charge on any atom is 0.146 e. The van der Waals surface area contributed by atoms with E-state index >= 15 is 0 Å². The van der Waals surface area contributed by atoms with Crippen LogP contribution < -0.4 is 0 Å². The molecule has 8 heavy (non-hydrogen) atoms. The van der Waals surface area contributed by atoms with Crippen molar-refractivity contribution in [2.75, 3.05) is 13.2 Å². The Balaban J connectivity index is 2.03. The summed E-state index contributed by atoms with van der Waals surface area (Å²) < 4.78 is 0. The average molecular weight is 117 g/mol. The van der Waals surface area contributed by atoms with Gasteiger partial charge in [-0.2, -0.15) is 0 Å². The molecule has 48 valence electrons. The normalized spacial score (nSPS) is 36.8. The highest BCUT2D eigenvalue weighted by Crippen LogP contribution is 2.32. The Hall–Kier alpha value is -0.0800. The minimum atomic E-state index is 0.330. The van der Waals surface area contributed by atoms with Crippen LogP contribution >= 0.6 is 0 Å². The molecule has 0 bridgehead atoms. The average Bonchev–Trinajstić information content (AvgIpc) is 1.65. The molecule has 3 N–H and O–H groups in total. The molecule has 1 saturated carbocycles. The highest BCUT2D eigenvalue weighted by atomic mass is 16.3. The zero-order valence-corrected chi connectivity index (χ0v) is 4.93. The summed E-state index contributed by atoms with van der Waals surface area (Å²) in [6, 6.07) is 0. The van der Waals surface area contributed by atoms with Crippen LogP contribution in [0.2, 0.25) is 0 Å². The number of rotatable bonds is 2. The lowest BCUT2D eigenvalue weighted by Gasteiger charge is -2.30. The Kier molecular flexibility index (Phi) is 1.86. The van der Waals surface area contributed by atoms with Crippen molar-refractivity contribution in [3.05, 3.63) is 0 Å². The van der Waals surface area contributed by atoms with E-state index in [2.05, 4.69) is 0 Å². The van der Waals surface area contributed by atoms with Crippen LogP contribution in [0.25, 0.3) is 0 Å². The van der Waals surface area contributed by atoms with Gasteiger partial charge in [0.15, 0.2) is 0 Å². The summed E-state index contributed by atoms with van der Waals surface area (Å²) >= 11 is 0. The van der Waals surface area contributed by atoms with E-state index in [1.54, 1.807) is 0 Å². The van der Waals surface area contributed by atoms with Gasteiger partial charge in [0, 0.05) is 12.5 Å². The minimum absolute atomic E-state index is 0.330. The summed E-state index contributed by atoms with van der Waals surface area (Å²) in [6.07, 6.45) is 2.17. The van der Waals surface area contributed by atoms with E-state index in [-0.39, 0.29) is 0 Å². The van der Waals surface area contributed by atoms with E-state index in [1.165, 1.54) is 0 Å². The molecular formula is C6H13O2+. The Morgan fingerprint density at radius 1 is 1.38 bits per heavy atom. The smallest absolute Gasteiger partial charge is 0.146 e. The maximum atomic E-state index is 8.54. The second-order valence-corrected chi connectivity index (χ2v) is 2.59. The predicted octanol–water partition coefficient (Wildman–Crippen LogP) is -0.271. The molecule has 0 atom stereocenters. The predicted molar refractivity (Wildman–Crippen MR) is 31.8 cm³/mol. The third-order valence-electron chi connectivity index (χ3n) is 1.88.